The van der Waals surface area contributed by atoms with Gasteiger partial charge >= 0.3 is 0 Å². The van der Waals surface area contributed by atoms with E-state index in [0.717, 1.165) is 17.8 Å². The summed E-state index contributed by atoms with van der Waals surface area (Å²) < 4.78 is 1.85. The van der Waals surface area contributed by atoms with Crippen LogP contribution in [0.2, 0.25) is 0 Å². The van der Waals surface area contributed by atoms with Gasteiger partial charge in [-0.2, -0.15) is 5.10 Å². The molecule has 0 spiro atoms. The van der Waals surface area contributed by atoms with Crippen molar-refractivity contribution < 1.29 is 4.79 Å². The molecule has 0 radical (unpaired) electrons. The molecule has 25 heavy (non-hydrogen) atoms. The summed E-state index contributed by atoms with van der Waals surface area (Å²) >= 11 is 0. The Morgan fingerprint density at radius 3 is 2.56 bits per heavy atom. The average Bonchev–Trinajstić information content (AvgIpc) is 3.12. The van der Waals surface area contributed by atoms with Gasteiger partial charge in [0.15, 0.2) is 5.78 Å². The number of nitrogens with zero attached hydrogens (tertiary/aromatic N) is 2. The monoisotopic (exact) mass is 334 g/mol. The smallest absolute Gasteiger partial charge is 0.189 e. The SMILES string of the molecule is Cc1c(C(=O)/C=C2\C[C@@]3(C)CC[C@@H]2C3(C)C)cnn1-c1ccccc1. The number of benzene rings is 1. The van der Waals surface area contributed by atoms with Gasteiger partial charge in [0.25, 0.3) is 0 Å². The van der Waals surface area contributed by atoms with Crippen LogP contribution in [0.5, 0.6) is 0 Å². The van der Waals surface area contributed by atoms with Crippen molar-refractivity contribution in [3.8, 4) is 5.69 Å². The maximum Gasteiger partial charge on any atom is 0.189 e. The lowest BCUT2D eigenvalue weighted by Crippen LogP contribution is -2.26. The van der Waals surface area contributed by atoms with Crippen molar-refractivity contribution in [2.24, 2.45) is 16.7 Å². The molecular formula is C22H26N2O. The second kappa shape index (κ2) is 5.42. The molecule has 2 aliphatic rings. The summed E-state index contributed by atoms with van der Waals surface area (Å²) in [5.41, 5.74) is 4.58. The number of ketones is 1. The van der Waals surface area contributed by atoms with E-state index in [1.165, 1.54) is 18.4 Å². The first-order valence-corrected chi connectivity index (χ1v) is 9.18. The van der Waals surface area contributed by atoms with Crippen molar-refractivity contribution in [2.45, 2.75) is 47.0 Å². The number of allylic oxidation sites excluding steroid dienone is 2. The summed E-state index contributed by atoms with van der Waals surface area (Å²) in [6, 6.07) is 9.96. The minimum absolute atomic E-state index is 0.0987. The van der Waals surface area contributed by atoms with Crippen molar-refractivity contribution in [3.63, 3.8) is 0 Å². The van der Waals surface area contributed by atoms with Crippen molar-refractivity contribution >= 4 is 5.78 Å². The van der Waals surface area contributed by atoms with Crippen molar-refractivity contribution in [3.05, 3.63) is 59.4 Å². The Morgan fingerprint density at radius 2 is 1.96 bits per heavy atom. The molecule has 2 atom stereocenters. The Balaban J connectivity index is 1.65. The quantitative estimate of drug-likeness (QED) is 0.576. The molecule has 2 saturated carbocycles. The first-order valence-electron chi connectivity index (χ1n) is 9.18. The zero-order valence-corrected chi connectivity index (χ0v) is 15.5. The van der Waals surface area contributed by atoms with E-state index < -0.39 is 0 Å². The molecule has 4 rings (SSSR count). The van der Waals surface area contributed by atoms with Gasteiger partial charge in [-0.1, -0.05) is 44.5 Å². The third-order valence-electron chi connectivity index (χ3n) is 7.05. The predicted octanol–water partition coefficient (Wildman–Crippen LogP) is 5.14. The van der Waals surface area contributed by atoms with Crippen LogP contribution in [0.4, 0.5) is 0 Å². The minimum Gasteiger partial charge on any atom is -0.289 e. The number of fused-ring (bicyclic) bond motifs is 2. The third-order valence-corrected chi connectivity index (χ3v) is 7.05. The van der Waals surface area contributed by atoms with Gasteiger partial charge in [0.2, 0.25) is 0 Å². The second-order valence-corrected chi connectivity index (χ2v) is 8.52. The standard InChI is InChI=1S/C22H26N2O/c1-15-18(14-23-24(15)17-8-6-5-7-9-17)20(25)12-16-13-22(4)11-10-19(16)21(22,2)3/h5-9,12,14,19H,10-11,13H2,1-4H3/b16-12+/t19-,22+/m0/s1. The largest absolute Gasteiger partial charge is 0.289 e. The van der Waals surface area contributed by atoms with Gasteiger partial charge in [0, 0.05) is 0 Å². The normalized spacial score (nSPS) is 28.6. The molecule has 130 valence electrons. The van der Waals surface area contributed by atoms with E-state index in [1.807, 2.05) is 48.0 Å². The third kappa shape index (κ3) is 2.32. The van der Waals surface area contributed by atoms with Crippen LogP contribution in [0.3, 0.4) is 0 Å². The Morgan fingerprint density at radius 1 is 1.24 bits per heavy atom. The number of rotatable bonds is 3. The van der Waals surface area contributed by atoms with Crippen LogP contribution in [-0.4, -0.2) is 15.6 Å². The maximum atomic E-state index is 12.9. The van der Waals surface area contributed by atoms with Crippen LogP contribution in [0.25, 0.3) is 5.69 Å². The molecule has 3 nitrogen and oxygen atoms in total. The molecule has 0 N–H and O–H groups in total. The summed E-state index contributed by atoms with van der Waals surface area (Å²) in [7, 11) is 0. The van der Waals surface area contributed by atoms with Crippen LogP contribution in [0.1, 0.15) is 56.1 Å². The highest BCUT2D eigenvalue weighted by atomic mass is 16.1. The lowest BCUT2D eigenvalue weighted by molar-refractivity contribution is 0.104. The molecule has 2 aliphatic carbocycles. The molecule has 2 bridgehead atoms. The van der Waals surface area contributed by atoms with Gasteiger partial charge in [-0.25, -0.2) is 4.68 Å². The number of hydrogen-bond donors (Lipinski definition) is 0. The first kappa shape index (κ1) is 16.3. The summed E-state index contributed by atoms with van der Waals surface area (Å²) in [4.78, 5) is 12.9. The number of para-hydroxylation sites is 1. The highest BCUT2D eigenvalue weighted by Crippen LogP contribution is 2.67. The van der Waals surface area contributed by atoms with Crippen molar-refractivity contribution in [1.29, 1.82) is 0 Å². The fourth-order valence-corrected chi connectivity index (χ4v) is 4.98. The predicted molar refractivity (Wildman–Crippen MR) is 99.9 cm³/mol. The Labute approximate surface area is 149 Å². The van der Waals surface area contributed by atoms with Crippen LogP contribution in [0.15, 0.2) is 48.2 Å². The van der Waals surface area contributed by atoms with E-state index in [0.29, 0.717) is 22.3 Å². The molecule has 3 heteroatoms. The van der Waals surface area contributed by atoms with E-state index in [9.17, 15) is 4.79 Å². The first-order chi connectivity index (χ1) is 11.8. The van der Waals surface area contributed by atoms with Crippen molar-refractivity contribution in [2.75, 3.05) is 0 Å². The Hall–Kier alpha value is -2.16. The van der Waals surface area contributed by atoms with E-state index in [1.54, 1.807) is 6.20 Å². The van der Waals surface area contributed by atoms with Gasteiger partial charge in [-0.3, -0.25) is 4.79 Å². The summed E-state index contributed by atoms with van der Waals surface area (Å²) in [5, 5.41) is 4.44. The van der Waals surface area contributed by atoms with Crippen LogP contribution in [-0.2, 0) is 0 Å². The lowest BCUT2D eigenvalue weighted by atomic mass is 9.71. The Bertz CT molecular complexity index is 857. The zero-order chi connectivity index (χ0) is 17.8. The molecule has 1 heterocycles. The molecule has 0 amide bonds. The number of carbonyl (C=O) groups is 1. The second-order valence-electron chi connectivity index (χ2n) is 8.52. The molecule has 1 aromatic carbocycles. The van der Waals surface area contributed by atoms with E-state index in [-0.39, 0.29) is 5.78 Å². The highest BCUT2D eigenvalue weighted by molar-refractivity contribution is 6.05. The van der Waals surface area contributed by atoms with E-state index >= 15 is 0 Å². The van der Waals surface area contributed by atoms with Gasteiger partial charge in [0.05, 0.1) is 23.1 Å². The molecule has 0 saturated heterocycles. The van der Waals surface area contributed by atoms with E-state index in [4.69, 9.17) is 0 Å². The number of carbonyl (C=O) groups excluding carboxylic acids is 1. The number of hydrogen-bond acceptors (Lipinski definition) is 2. The highest BCUT2D eigenvalue weighted by Gasteiger charge is 2.58. The topological polar surface area (TPSA) is 34.9 Å². The van der Waals surface area contributed by atoms with Gasteiger partial charge < -0.3 is 0 Å². The molecule has 0 unspecified atom stereocenters. The van der Waals surface area contributed by atoms with Crippen LogP contribution < -0.4 is 0 Å². The van der Waals surface area contributed by atoms with Crippen LogP contribution in [0, 0.1) is 23.7 Å². The van der Waals surface area contributed by atoms with Gasteiger partial charge in [0.1, 0.15) is 0 Å². The van der Waals surface area contributed by atoms with Crippen molar-refractivity contribution in [1.82, 2.24) is 9.78 Å². The molecular weight excluding hydrogens is 308 g/mol. The fraction of sp³-hybridized carbons (Fsp3) is 0.455. The average molecular weight is 334 g/mol. The summed E-state index contributed by atoms with van der Waals surface area (Å²) in [5.74, 6) is 0.646. The van der Waals surface area contributed by atoms with Gasteiger partial charge in [-0.05, 0) is 61.1 Å². The molecule has 2 aromatic rings. The molecule has 0 aliphatic heterocycles. The lowest BCUT2D eigenvalue weighted by Gasteiger charge is -2.33. The fourth-order valence-electron chi connectivity index (χ4n) is 4.98. The van der Waals surface area contributed by atoms with Crippen LogP contribution >= 0.6 is 0 Å². The number of aromatic nitrogens is 2. The molecule has 2 fully saturated rings. The summed E-state index contributed by atoms with van der Waals surface area (Å²) in [6.07, 6.45) is 7.17. The Kier molecular flexibility index (Phi) is 3.54. The molecule has 1 aromatic heterocycles. The summed E-state index contributed by atoms with van der Waals surface area (Å²) in [6.45, 7) is 9.10. The minimum atomic E-state index is 0.0987. The maximum absolute atomic E-state index is 12.9. The van der Waals surface area contributed by atoms with E-state index in [2.05, 4.69) is 25.9 Å². The van der Waals surface area contributed by atoms with Gasteiger partial charge in [-0.15, -0.1) is 0 Å². The zero-order valence-electron chi connectivity index (χ0n) is 15.5.